The summed E-state index contributed by atoms with van der Waals surface area (Å²) in [7, 11) is 1.74. The highest BCUT2D eigenvalue weighted by Gasteiger charge is 2.26. The first-order valence-corrected chi connectivity index (χ1v) is 14.4. The van der Waals surface area contributed by atoms with Gasteiger partial charge in [-0.2, -0.15) is 0 Å². The molecule has 0 spiro atoms. The van der Waals surface area contributed by atoms with Gasteiger partial charge < -0.3 is 23.9 Å². The largest absolute Gasteiger partial charge is 0.464 e. The molecule has 2 aromatic heterocycles. The van der Waals surface area contributed by atoms with Crippen molar-refractivity contribution in [1.29, 1.82) is 0 Å². The van der Waals surface area contributed by atoms with E-state index in [2.05, 4.69) is 16.0 Å². The van der Waals surface area contributed by atoms with Gasteiger partial charge in [0.05, 0.1) is 23.7 Å². The number of ether oxygens (including phenoxy) is 1. The highest BCUT2D eigenvalue weighted by molar-refractivity contribution is 5.81. The lowest BCUT2D eigenvalue weighted by Gasteiger charge is -2.32. The first-order chi connectivity index (χ1) is 19.4. The predicted octanol–water partition coefficient (Wildman–Crippen LogP) is 3.01. The van der Waals surface area contributed by atoms with Gasteiger partial charge in [-0.3, -0.25) is 19.7 Å². The molecule has 222 valence electrons. The fourth-order valence-electron chi connectivity index (χ4n) is 5.46. The number of nitrogens with one attached hydrogen (secondary N) is 1. The van der Waals surface area contributed by atoms with Gasteiger partial charge in [0.2, 0.25) is 5.91 Å². The number of aromatic nitrogens is 3. The molecule has 0 unspecified atom stereocenters. The summed E-state index contributed by atoms with van der Waals surface area (Å²) in [5, 5.41) is 13.4. The van der Waals surface area contributed by atoms with Crippen molar-refractivity contribution in [2.75, 3.05) is 19.7 Å². The average Bonchev–Trinajstić information content (AvgIpc) is 3.27. The van der Waals surface area contributed by atoms with Crippen LogP contribution in [-0.2, 0) is 34.5 Å². The van der Waals surface area contributed by atoms with Crippen molar-refractivity contribution in [3.8, 4) is 11.4 Å². The summed E-state index contributed by atoms with van der Waals surface area (Å²) in [6, 6.07) is 6.99. The Morgan fingerprint density at radius 2 is 1.98 bits per heavy atom. The number of likely N-dealkylation sites (tertiary alicyclic amines) is 1. The van der Waals surface area contributed by atoms with Crippen molar-refractivity contribution in [2.45, 2.75) is 72.7 Å². The van der Waals surface area contributed by atoms with Crippen LogP contribution in [0.4, 0.5) is 0 Å². The summed E-state index contributed by atoms with van der Waals surface area (Å²) >= 11 is 0. The van der Waals surface area contributed by atoms with Crippen LogP contribution in [0.25, 0.3) is 22.4 Å². The first-order valence-electron chi connectivity index (χ1n) is 14.4. The SMILES string of the molecule is CC(=O)N1CCC[C@H](Cn2c(-c3cc(C)c(=O)n(C)c3)nc3ccc(CN[C@H](C(=O)OCC(C)C)[C@@H](C)O)cc32)C1. The lowest BCUT2D eigenvalue weighted by molar-refractivity contribution is -0.150. The minimum Gasteiger partial charge on any atom is -0.464 e. The average molecular weight is 566 g/mol. The number of carbonyl (C=O) groups excluding carboxylic acids is 2. The zero-order valence-electron chi connectivity index (χ0n) is 25.0. The van der Waals surface area contributed by atoms with E-state index >= 15 is 0 Å². The molecule has 41 heavy (non-hydrogen) atoms. The third-order valence-corrected chi connectivity index (χ3v) is 7.66. The minimum absolute atomic E-state index is 0.0475. The number of nitrogens with zero attached hydrogens (tertiary/aromatic N) is 4. The maximum Gasteiger partial charge on any atom is 0.325 e. The van der Waals surface area contributed by atoms with Crippen molar-refractivity contribution < 1.29 is 19.4 Å². The van der Waals surface area contributed by atoms with Crippen LogP contribution in [0.15, 0.2) is 35.3 Å². The maximum absolute atomic E-state index is 12.6. The number of hydrogen-bond donors (Lipinski definition) is 2. The normalized spacial score (nSPS) is 17.2. The Morgan fingerprint density at radius 3 is 2.63 bits per heavy atom. The maximum atomic E-state index is 12.6. The van der Waals surface area contributed by atoms with Gasteiger partial charge in [0.1, 0.15) is 11.9 Å². The third kappa shape index (κ3) is 7.23. The Labute approximate surface area is 241 Å². The molecule has 4 rings (SSSR count). The van der Waals surface area contributed by atoms with E-state index in [1.165, 1.54) is 0 Å². The van der Waals surface area contributed by atoms with Crippen molar-refractivity contribution >= 4 is 22.9 Å². The Balaban J connectivity index is 1.68. The number of aliphatic hydroxyl groups excluding tert-OH is 1. The molecular formula is C31H43N5O5. The second-order valence-corrected chi connectivity index (χ2v) is 11.8. The molecule has 3 heterocycles. The summed E-state index contributed by atoms with van der Waals surface area (Å²) in [6.07, 6.45) is 2.85. The number of esters is 1. The quantitative estimate of drug-likeness (QED) is 0.363. The number of carbonyl (C=O) groups is 2. The van der Waals surface area contributed by atoms with E-state index in [0.29, 0.717) is 31.8 Å². The third-order valence-electron chi connectivity index (χ3n) is 7.66. The molecule has 1 aliphatic heterocycles. The monoisotopic (exact) mass is 565 g/mol. The van der Waals surface area contributed by atoms with E-state index < -0.39 is 18.1 Å². The highest BCUT2D eigenvalue weighted by Crippen LogP contribution is 2.29. The fourth-order valence-corrected chi connectivity index (χ4v) is 5.46. The number of imidazole rings is 1. The Hall–Kier alpha value is -3.50. The van der Waals surface area contributed by atoms with Crippen LogP contribution in [0, 0.1) is 18.8 Å². The second-order valence-electron chi connectivity index (χ2n) is 11.8. The number of amides is 1. The zero-order chi connectivity index (χ0) is 29.8. The van der Waals surface area contributed by atoms with Gasteiger partial charge >= 0.3 is 5.97 Å². The Bertz CT molecular complexity index is 1430. The molecule has 10 heteroatoms. The van der Waals surface area contributed by atoms with Crippen molar-refractivity contribution in [3.05, 3.63) is 51.9 Å². The van der Waals surface area contributed by atoms with E-state index in [9.17, 15) is 19.5 Å². The standard InChI is InChI=1S/C31H43N5O5/c1-19(2)18-41-31(40)28(21(4)37)32-14-23-9-10-26-27(13-23)36(16-24-8-7-11-35(15-24)22(5)38)29(33-26)25-12-20(3)30(39)34(6)17-25/h9-10,12-13,17,19,21,24,28,32,37H,7-8,11,14-16,18H2,1-6H3/t21-,24+,28+/m1/s1. The number of pyridine rings is 1. The number of benzene rings is 1. The van der Waals surface area contributed by atoms with Crippen LogP contribution in [0.1, 0.15) is 51.7 Å². The molecular weight excluding hydrogens is 522 g/mol. The van der Waals surface area contributed by atoms with Gasteiger partial charge in [0.15, 0.2) is 0 Å². The number of hydrogen-bond acceptors (Lipinski definition) is 7. The number of rotatable bonds is 10. The van der Waals surface area contributed by atoms with Gasteiger partial charge in [0, 0.05) is 57.5 Å². The number of piperidine rings is 1. The van der Waals surface area contributed by atoms with Crippen LogP contribution < -0.4 is 10.9 Å². The zero-order valence-corrected chi connectivity index (χ0v) is 25.0. The van der Waals surface area contributed by atoms with Crippen molar-refractivity contribution in [1.82, 2.24) is 24.3 Å². The van der Waals surface area contributed by atoms with Gasteiger partial charge in [0.25, 0.3) is 5.56 Å². The fraction of sp³-hybridized carbons (Fsp3) is 0.548. The molecule has 0 saturated carbocycles. The number of aliphatic hydroxyl groups is 1. The van der Waals surface area contributed by atoms with Crippen LogP contribution in [-0.4, -0.2) is 67.8 Å². The van der Waals surface area contributed by atoms with Gasteiger partial charge in [-0.1, -0.05) is 19.9 Å². The van der Waals surface area contributed by atoms with E-state index in [1.807, 2.05) is 43.1 Å². The summed E-state index contributed by atoms with van der Waals surface area (Å²) in [5.74, 6) is 0.844. The second kappa shape index (κ2) is 13.0. The van der Waals surface area contributed by atoms with Crippen LogP contribution in [0.2, 0.25) is 0 Å². The van der Waals surface area contributed by atoms with Crippen LogP contribution in [0.5, 0.6) is 0 Å². The minimum atomic E-state index is -0.918. The molecule has 1 saturated heterocycles. The Morgan fingerprint density at radius 1 is 1.22 bits per heavy atom. The molecule has 3 aromatic rings. The molecule has 1 amide bonds. The van der Waals surface area contributed by atoms with Crippen LogP contribution >= 0.6 is 0 Å². The van der Waals surface area contributed by atoms with Gasteiger partial charge in [-0.05, 0) is 62.3 Å². The lowest BCUT2D eigenvalue weighted by atomic mass is 9.97. The van der Waals surface area contributed by atoms with Gasteiger partial charge in [-0.25, -0.2) is 4.98 Å². The summed E-state index contributed by atoms with van der Waals surface area (Å²) < 4.78 is 9.14. The van der Waals surface area contributed by atoms with Gasteiger partial charge in [-0.15, -0.1) is 0 Å². The molecule has 0 aliphatic carbocycles. The van der Waals surface area contributed by atoms with E-state index in [4.69, 9.17) is 9.72 Å². The molecule has 3 atom stereocenters. The van der Waals surface area contributed by atoms with E-state index in [-0.39, 0.29) is 23.3 Å². The van der Waals surface area contributed by atoms with Crippen molar-refractivity contribution in [2.24, 2.45) is 18.9 Å². The summed E-state index contributed by atoms with van der Waals surface area (Å²) in [6.45, 7) is 11.7. The van der Waals surface area contributed by atoms with E-state index in [0.717, 1.165) is 47.4 Å². The smallest absolute Gasteiger partial charge is 0.325 e. The highest BCUT2D eigenvalue weighted by atomic mass is 16.5. The molecule has 1 fully saturated rings. The van der Waals surface area contributed by atoms with Crippen molar-refractivity contribution in [3.63, 3.8) is 0 Å². The predicted molar refractivity (Wildman–Crippen MR) is 158 cm³/mol. The lowest BCUT2D eigenvalue weighted by Crippen LogP contribution is -2.45. The molecule has 10 nitrogen and oxygen atoms in total. The summed E-state index contributed by atoms with van der Waals surface area (Å²) in [5.41, 5.74) is 4.12. The molecule has 1 aliphatic rings. The molecule has 1 aromatic carbocycles. The Kier molecular flexibility index (Phi) is 9.65. The molecule has 0 radical (unpaired) electrons. The first kappa shape index (κ1) is 30.5. The summed E-state index contributed by atoms with van der Waals surface area (Å²) in [4.78, 5) is 44.0. The molecule has 2 N–H and O–H groups in total. The van der Waals surface area contributed by atoms with E-state index in [1.54, 1.807) is 32.4 Å². The topological polar surface area (TPSA) is 119 Å². The number of aryl methyl sites for hydroxylation is 2. The number of fused-ring (bicyclic) bond motifs is 1. The van der Waals surface area contributed by atoms with Crippen LogP contribution in [0.3, 0.4) is 0 Å². The molecule has 0 bridgehead atoms.